The number of hydrogen-bond donors (Lipinski definition) is 2. The van der Waals surface area contributed by atoms with E-state index < -0.39 is 23.6 Å². The van der Waals surface area contributed by atoms with Crippen molar-refractivity contribution >= 4 is 5.97 Å². The Kier molecular flexibility index (Phi) is 5.41. The number of halogens is 3. The number of nitrogens with one attached hydrogen (secondary N) is 1. The van der Waals surface area contributed by atoms with E-state index in [0.717, 1.165) is 12.1 Å². The Morgan fingerprint density at radius 1 is 1.45 bits per heavy atom. The maximum atomic E-state index is 12.2. The SMILES string of the molecule is CNCCC#Cc1ccc(C(=O)O)c(OC(F)(F)F)c1. The molecule has 0 saturated carbocycles. The number of alkyl halides is 3. The summed E-state index contributed by atoms with van der Waals surface area (Å²) in [6, 6.07) is 3.33. The Morgan fingerprint density at radius 2 is 2.15 bits per heavy atom. The van der Waals surface area contributed by atoms with Crippen molar-refractivity contribution in [3.63, 3.8) is 0 Å². The zero-order valence-electron chi connectivity index (χ0n) is 10.5. The maximum Gasteiger partial charge on any atom is 0.573 e. The summed E-state index contributed by atoms with van der Waals surface area (Å²) >= 11 is 0. The number of aromatic carboxylic acids is 1. The second kappa shape index (κ2) is 6.82. The fraction of sp³-hybridized carbons (Fsp3) is 0.308. The first kappa shape index (κ1) is 15.9. The third-order valence-electron chi connectivity index (χ3n) is 2.17. The lowest BCUT2D eigenvalue weighted by Crippen LogP contribution is -2.19. The van der Waals surface area contributed by atoms with Gasteiger partial charge in [0.05, 0.1) is 0 Å². The molecule has 0 bridgehead atoms. The minimum Gasteiger partial charge on any atom is -0.478 e. The molecule has 1 aromatic carbocycles. The standard InChI is InChI=1S/C13H12F3NO3/c1-17-7-3-2-4-9-5-6-10(12(18)19)11(8-9)20-13(14,15)16/h5-6,8,17H,3,7H2,1H3,(H,18,19). The van der Waals surface area contributed by atoms with Crippen LogP contribution in [0, 0.1) is 11.8 Å². The van der Waals surface area contributed by atoms with Crippen LogP contribution < -0.4 is 10.1 Å². The molecule has 0 radical (unpaired) electrons. The van der Waals surface area contributed by atoms with E-state index in [2.05, 4.69) is 21.9 Å². The van der Waals surface area contributed by atoms with Crippen LogP contribution in [0.1, 0.15) is 22.3 Å². The van der Waals surface area contributed by atoms with Crippen molar-refractivity contribution in [1.82, 2.24) is 5.32 Å². The lowest BCUT2D eigenvalue weighted by Gasteiger charge is -2.11. The van der Waals surface area contributed by atoms with Gasteiger partial charge in [0.25, 0.3) is 0 Å². The Hall–Kier alpha value is -2.20. The average Bonchev–Trinajstić information content (AvgIpc) is 2.32. The Balaban J connectivity index is 3.03. The molecule has 1 aromatic rings. The predicted molar refractivity (Wildman–Crippen MR) is 65.5 cm³/mol. The molecule has 0 spiro atoms. The van der Waals surface area contributed by atoms with Gasteiger partial charge in [-0.2, -0.15) is 0 Å². The third kappa shape index (κ3) is 5.20. The van der Waals surface area contributed by atoms with E-state index in [9.17, 15) is 18.0 Å². The number of hydrogen-bond acceptors (Lipinski definition) is 3. The molecule has 0 aromatic heterocycles. The number of rotatable bonds is 4. The van der Waals surface area contributed by atoms with Gasteiger partial charge in [-0.05, 0) is 25.2 Å². The van der Waals surface area contributed by atoms with Crippen LogP contribution in [0.5, 0.6) is 5.75 Å². The number of ether oxygens (including phenoxy) is 1. The van der Waals surface area contributed by atoms with Crippen molar-refractivity contribution in [2.45, 2.75) is 12.8 Å². The average molecular weight is 287 g/mol. The molecule has 20 heavy (non-hydrogen) atoms. The monoisotopic (exact) mass is 287 g/mol. The zero-order chi connectivity index (χ0) is 15.2. The van der Waals surface area contributed by atoms with Gasteiger partial charge in [-0.15, -0.1) is 13.2 Å². The topological polar surface area (TPSA) is 58.6 Å². The summed E-state index contributed by atoms with van der Waals surface area (Å²) in [5.74, 6) is 3.11. The number of benzene rings is 1. The van der Waals surface area contributed by atoms with E-state index in [1.54, 1.807) is 7.05 Å². The van der Waals surface area contributed by atoms with Crippen molar-refractivity contribution in [3.8, 4) is 17.6 Å². The molecule has 0 aliphatic heterocycles. The van der Waals surface area contributed by atoms with Crippen LogP contribution in [0.25, 0.3) is 0 Å². The maximum absolute atomic E-state index is 12.2. The van der Waals surface area contributed by atoms with E-state index >= 15 is 0 Å². The first-order chi connectivity index (χ1) is 9.33. The quantitative estimate of drug-likeness (QED) is 0.658. The molecule has 7 heteroatoms. The second-order valence-electron chi connectivity index (χ2n) is 3.72. The van der Waals surface area contributed by atoms with Gasteiger partial charge in [0.2, 0.25) is 0 Å². The second-order valence-corrected chi connectivity index (χ2v) is 3.72. The molecule has 0 atom stereocenters. The largest absolute Gasteiger partial charge is 0.573 e. The minimum atomic E-state index is -4.96. The van der Waals surface area contributed by atoms with Gasteiger partial charge in [0.1, 0.15) is 11.3 Å². The Morgan fingerprint density at radius 3 is 2.70 bits per heavy atom. The van der Waals surface area contributed by atoms with E-state index in [1.165, 1.54) is 6.07 Å². The van der Waals surface area contributed by atoms with Gasteiger partial charge in [0.15, 0.2) is 0 Å². The fourth-order valence-electron chi connectivity index (χ4n) is 1.34. The highest BCUT2D eigenvalue weighted by molar-refractivity contribution is 5.91. The lowest BCUT2D eigenvalue weighted by atomic mass is 10.1. The van der Waals surface area contributed by atoms with Crippen molar-refractivity contribution in [1.29, 1.82) is 0 Å². The molecule has 0 amide bonds. The number of carbonyl (C=O) groups is 1. The van der Waals surface area contributed by atoms with Crippen LogP contribution in [-0.2, 0) is 0 Å². The van der Waals surface area contributed by atoms with Crippen molar-refractivity contribution < 1.29 is 27.8 Å². The molecule has 2 N–H and O–H groups in total. The molecular weight excluding hydrogens is 275 g/mol. The number of carboxylic acids is 1. The first-order valence-corrected chi connectivity index (χ1v) is 5.60. The summed E-state index contributed by atoms with van der Waals surface area (Å²) in [6.07, 6.45) is -4.44. The van der Waals surface area contributed by atoms with Crippen LogP contribution >= 0.6 is 0 Å². The highest BCUT2D eigenvalue weighted by atomic mass is 19.4. The molecular formula is C13H12F3NO3. The van der Waals surface area contributed by atoms with Crippen molar-refractivity contribution in [2.24, 2.45) is 0 Å². The summed E-state index contributed by atoms with van der Waals surface area (Å²) < 4.78 is 40.3. The van der Waals surface area contributed by atoms with Crippen LogP contribution in [-0.4, -0.2) is 31.0 Å². The zero-order valence-corrected chi connectivity index (χ0v) is 10.5. The van der Waals surface area contributed by atoms with E-state index in [-0.39, 0.29) is 5.56 Å². The van der Waals surface area contributed by atoms with Crippen LogP contribution in [0.3, 0.4) is 0 Å². The molecule has 0 fully saturated rings. The van der Waals surface area contributed by atoms with Gasteiger partial charge in [-0.1, -0.05) is 11.8 Å². The Labute approximate surface area is 113 Å². The minimum absolute atomic E-state index is 0.255. The van der Waals surface area contributed by atoms with Gasteiger partial charge in [0, 0.05) is 18.5 Å². The summed E-state index contributed by atoms with van der Waals surface area (Å²) in [7, 11) is 1.75. The first-order valence-electron chi connectivity index (χ1n) is 5.60. The summed E-state index contributed by atoms with van der Waals surface area (Å²) in [6.45, 7) is 0.645. The lowest BCUT2D eigenvalue weighted by molar-refractivity contribution is -0.274. The number of carboxylic acid groups (broad SMARTS) is 1. The van der Waals surface area contributed by atoms with Crippen molar-refractivity contribution in [2.75, 3.05) is 13.6 Å². The van der Waals surface area contributed by atoms with E-state index in [0.29, 0.717) is 13.0 Å². The fourth-order valence-corrected chi connectivity index (χ4v) is 1.34. The smallest absolute Gasteiger partial charge is 0.478 e. The molecule has 108 valence electrons. The highest BCUT2D eigenvalue weighted by Crippen LogP contribution is 2.27. The van der Waals surface area contributed by atoms with Gasteiger partial charge in [-0.25, -0.2) is 4.79 Å². The molecule has 1 rings (SSSR count). The van der Waals surface area contributed by atoms with E-state index in [1.807, 2.05) is 0 Å². The van der Waals surface area contributed by atoms with Gasteiger partial charge in [-0.3, -0.25) is 0 Å². The van der Waals surface area contributed by atoms with Gasteiger partial charge >= 0.3 is 12.3 Å². The summed E-state index contributed by atoms with van der Waals surface area (Å²) in [4.78, 5) is 10.8. The molecule has 0 saturated heterocycles. The highest BCUT2D eigenvalue weighted by Gasteiger charge is 2.33. The van der Waals surface area contributed by atoms with Crippen molar-refractivity contribution in [3.05, 3.63) is 29.3 Å². The summed E-state index contributed by atoms with van der Waals surface area (Å²) in [5.41, 5.74) is -0.312. The molecule has 0 unspecified atom stereocenters. The van der Waals surface area contributed by atoms with Crippen LogP contribution in [0.4, 0.5) is 13.2 Å². The molecule has 0 aliphatic carbocycles. The van der Waals surface area contributed by atoms with Gasteiger partial charge < -0.3 is 15.2 Å². The molecule has 0 aliphatic rings. The molecule has 4 nitrogen and oxygen atoms in total. The Bertz CT molecular complexity index is 544. The van der Waals surface area contributed by atoms with E-state index in [4.69, 9.17) is 5.11 Å². The van der Waals surface area contributed by atoms with Crippen LogP contribution in [0.15, 0.2) is 18.2 Å². The third-order valence-corrected chi connectivity index (χ3v) is 2.17. The normalized spacial score (nSPS) is 10.6. The summed E-state index contributed by atoms with van der Waals surface area (Å²) in [5, 5.41) is 11.7. The van der Waals surface area contributed by atoms with Crippen LogP contribution in [0.2, 0.25) is 0 Å². The molecule has 0 heterocycles. The predicted octanol–water partition coefficient (Wildman–Crippen LogP) is 2.24.